The fourth-order valence-corrected chi connectivity index (χ4v) is 3.41. The molecule has 124 valence electrons. The highest BCUT2D eigenvalue weighted by molar-refractivity contribution is 7.18. The van der Waals surface area contributed by atoms with Crippen LogP contribution in [0.3, 0.4) is 0 Å². The van der Waals surface area contributed by atoms with E-state index in [0.717, 1.165) is 10.4 Å². The van der Waals surface area contributed by atoms with Gasteiger partial charge in [-0.25, -0.2) is 4.98 Å². The smallest absolute Gasteiger partial charge is 0.269 e. The number of nitrogens with zero attached hydrogens (tertiary/aromatic N) is 2. The lowest BCUT2D eigenvalue weighted by molar-refractivity contribution is -0.384. The minimum absolute atomic E-state index is 0.00695. The maximum atomic E-state index is 12.3. The zero-order chi connectivity index (χ0) is 17.4. The summed E-state index contributed by atoms with van der Waals surface area (Å²) in [5.74, 6) is 0.890. The highest BCUT2D eigenvalue weighted by atomic mass is 32.1. The molecule has 2 heterocycles. The second-order valence-electron chi connectivity index (χ2n) is 5.43. The number of aromatic amines is 1. The summed E-state index contributed by atoms with van der Waals surface area (Å²) < 4.78 is 5.73. The Bertz CT molecular complexity index is 975. The van der Waals surface area contributed by atoms with Crippen molar-refractivity contribution >= 4 is 27.2 Å². The van der Waals surface area contributed by atoms with Crippen molar-refractivity contribution in [2.75, 3.05) is 0 Å². The Balaban J connectivity index is 1.89. The molecule has 0 aliphatic heterocycles. The van der Waals surface area contributed by atoms with Crippen molar-refractivity contribution in [3.05, 3.63) is 61.0 Å². The van der Waals surface area contributed by atoms with Gasteiger partial charge in [0.25, 0.3) is 11.2 Å². The molecule has 0 aliphatic carbocycles. The van der Waals surface area contributed by atoms with Crippen LogP contribution in [0.4, 0.5) is 5.69 Å². The largest absolute Gasteiger partial charge is 0.483 e. The molecule has 0 amide bonds. The van der Waals surface area contributed by atoms with Gasteiger partial charge in [0.15, 0.2) is 11.9 Å². The van der Waals surface area contributed by atoms with E-state index in [4.69, 9.17) is 4.74 Å². The average molecular weight is 345 g/mol. The summed E-state index contributed by atoms with van der Waals surface area (Å²) >= 11 is 1.47. The Morgan fingerprint density at radius 2 is 1.96 bits per heavy atom. The number of hydrogen-bond acceptors (Lipinski definition) is 6. The van der Waals surface area contributed by atoms with Crippen molar-refractivity contribution in [1.29, 1.82) is 0 Å². The first-order chi connectivity index (χ1) is 11.4. The maximum Gasteiger partial charge on any atom is 0.269 e. The quantitative estimate of drug-likeness (QED) is 0.575. The predicted octanol–water partition coefficient (Wildman–Crippen LogP) is 3.65. The lowest BCUT2D eigenvalue weighted by Gasteiger charge is -2.13. The van der Waals surface area contributed by atoms with Gasteiger partial charge in [0.05, 0.1) is 10.3 Å². The van der Waals surface area contributed by atoms with Crippen LogP contribution in [0.1, 0.15) is 29.3 Å². The van der Waals surface area contributed by atoms with Crippen molar-refractivity contribution in [2.45, 2.75) is 26.9 Å². The first-order valence-electron chi connectivity index (χ1n) is 7.28. The summed E-state index contributed by atoms with van der Waals surface area (Å²) in [5.41, 5.74) is 0.753. The second-order valence-corrected chi connectivity index (χ2v) is 6.63. The molecule has 1 aromatic carbocycles. The lowest BCUT2D eigenvalue weighted by Crippen LogP contribution is -2.16. The van der Waals surface area contributed by atoms with Crippen molar-refractivity contribution in [3.63, 3.8) is 0 Å². The molecule has 0 fully saturated rings. The molecular formula is C16H15N3O4S. The number of nitro benzene ring substituents is 1. The maximum absolute atomic E-state index is 12.3. The van der Waals surface area contributed by atoms with E-state index in [1.165, 1.54) is 35.6 Å². The fourth-order valence-electron chi connectivity index (χ4n) is 2.37. The molecule has 3 aromatic rings. The molecule has 0 saturated heterocycles. The number of thiophene rings is 1. The molecule has 0 radical (unpaired) electrons. The van der Waals surface area contributed by atoms with Gasteiger partial charge in [-0.1, -0.05) is 0 Å². The minimum Gasteiger partial charge on any atom is -0.483 e. The Kier molecular flexibility index (Phi) is 4.06. The number of non-ortho nitro benzene ring substituents is 1. The van der Waals surface area contributed by atoms with Crippen LogP contribution in [0, 0.1) is 24.0 Å². The molecule has 8 heteroatoms. The monoisotopic (exact) mass is 345 g/mol. The van der Waals surface area contributed by atoms with Crippen LogP contribution in [0.5, 0.6) is 5.75 Å². The Hall–Kier alpha value is -2.74. The van der Waals surface area contributed by atoms with Crippen molar-refractivity contribution in [1.82, 2.24) is 9.97 Å². The minimum atomic E-state index is -0.494. The lowest BCUT2D eigenvalue weighted by atomic mass is 10.2. The molecule has 0 aliphatic rings. The highest BCUT2D eigenvalue weighted by Crippen LogP contribution is 2.27. The summed E-state index contributed by atoms with van der Waals surface area (Å²) in [6.45, 7) is 5.62. The third kappa shape index (κ3) is 2.88. The van der Waals surface area contributed by atoms with E-state index in [0.29, 0.717) is 21.8 Å². The van der Waals surface area contributed by atoms with E-state index in [9.17, 15) is 14.9 Å². The van der Waals surface area contributed by atoms with E-state index in [1.807, 2.05) is 13.8 Å². The summed E-state index contributed by atoms with van der Waals surface area (Å²) in [6, 6.07) is 5.77. The zero-order valence-corrected chi connectivity index (χ0v) is 14.1. The van der Waals surface area contributed by atoms with Crippen molar-refractivity contribution < 1.29 is 9.66 Å². The number of hydrogen-bond donors (Lipinski definition) is 1. The molecule has 2 aromatic heterocycles. The third-order valence-electron chi connectivity index (χ3n) is 3.80. The summed E-state index contributed by atoms with van der Waals surface area (Å²) in [6.07, 6.45) is -0.494. The molecule has 7 nitrogen and oxygen atoms in total. The van der Waals surface area contributed by atoms with Gasteiger partial charge < -0.3 is 9.72 Å². The number of nitro groups is 1. The fraction of sp³-hybridized carbons (Fsp3) is 0.250. The SMILES string of the molecule is Cc1sc2nc([C@@H](C)Oc3ccc([N+](=O)[O-])cc3)[nH]c(=O)c2c1C. The Labute approximate surface area is 141 Å². The van der Waals surface area contributed by atoms with Crippen LogP contribution in [0.25, 0.3) is 10.2 Å². The molecule has 3 rings (SSSR count). The number of aromatic nitrogens is 2. The predicted molar refractivity (Wildman–Crippen MR) is 91.9 cm³/mol. The van der Waals surface area contributed by atoms with E-state index >= 15 is 0 Å². The van der Waals surface area contributed by atoms with Gasteiger partial charge in [0.2, 0.25) is 0 Å². The topological polar surface area (TPSA) is 98.1 Å². The van der Waals surface area contributed by atoms with Crippen molar-refractivity contribution in [3.8, 4) is 5.75 Å². The molecule has 1 atom stereocenters. The standard InChI is InChI=1S/C16H15N3O4S/c1-8-10(3)24-16-13(8)15(20)17-14(18-16)9(2)23-12-6-4-11(5-7-12)19(21)22/h4-7,9H,1-3H3,(H,17,18,20)/t9-/m1/s1. The number of H-pyrrole nitrogens is 1. The van der Waals surface area contributed by atoms with Gasteiger partial charge in [-0.2, -0.15) is 0 Å². The van der Waals surface area contributed by atoms with E-state index in [2.05, 4.69) is 9.97 Å². The van der Waals surface area contributed by atoms with Crippen LogP contribution in [0.2, 0.25) is 0 Å². The van der Waals surface area contributed by atoms with Crippen LogP contribution >= 0.6 is 11.3 Å². The zero-order valence-electron chi connectivity index (χ0n) is 13.3. The van der Waals surface area contributed by atoms with Gasteiger partial charge in [0.1, 0.15) is 10.6 Å². The van der Waals surface area contributed by atoms with E-state index in [-0.39, 0.29) is 11.2 Å². The number of ether oxygens (including phenoxy) is 1. The van der Waals surface area contributed by atoms with Gasteiger partial charge >= 0.3 is 0 Å². The summed E-state index contributed by atoms with van der Waals surface area (Å²) in [4.78, 5) is 31.5. The van der Waals surface area contributed by atoms with Gasteiger partial charge in [-0.3, -0.25) is 14.9 Å². The molecule has 1 N–H and O–H groups in total. The molecular weight excluding hydrogens is 330 g/mol. The number of benzene rings is 1. The first kappa shape index (κ1) is 16.1. The summed E-state index contributed by atoms with van der Waals surface area (Å²) in [5, 5.41) is 11.3. The molecule has 0 spiro atoms. The van der Waals surface area contributed by atoms with Crippen LogP contribution in [0.15, 0.2) is 29.1 Å². The van der Waals surface area contributed by atoms with E-state index < -0.39 is 11.0 Å². The molecule has 0 saturated carbocycles. The molecule has 0 bridgehead atoms. The summed E-state index contributed by atoms with van der Waals surface area (Å²) in [7, 11) is 0. The van der Waals surface area contributed by atoms with Crippen molar-refractivity contribution in [2.24, 2.45) is 0 Å². The second kappa shape index (κ2) is 6.04. The number of rotatable bonds is 4. The first-order valence-corrected chi connectivity index (χ1v) is 8.09. The van der Waals surface area contributed by atoms with Gasteiger partial charge in [0, 0.05) is 17.0 Å². The number of aryl methyl sites for hydroxylation is 2. The van der Waals surface area contributed by atoms with Crippen LogP contribution in [-0.2, 0) is 0 Å². The Morgan fingerprint density at radius 3 is 2.58 bits per heavy atom. The van der Waals surface area contributed by atoms with E-state index in [1.54, 1.807) is 6.92 Å². The number of fused-ring (bicyclic) bond motifs is 1. The average Bonchev–Trinajstić information content (AvgIpc) is 2.82. The molecule has 0 unspecified atom stereocenters. The Morgan fingerprint density at radius 1 is 1.29 bits per heavy atom. The van der Waals surface area contributed by atoms with Gasteiger partial charge in [-0.15, -0.1) is 11.3 Å². The molecule has 24 heavy (non-hydrogen) atoms. The normalized spacial score (nSPS) is 12.3. The highest BCUT2D eigenvalue weighted by Gasteiger charge is 2.16. The van der Waals surface area contributed by atoms with Crippen LogP contribution in [-0.4, -0.2) is 14.9 Å². The van der Waals surface area contributed by atoms with Crippen LogP contribution < -0.4 is 10.3 Å². The third-order valence-corrected chi connectivity index (χ3v) is 4.90. The number of nitrogens with one attached hydrogen (secondary N) is 1. The van der Waals surface area contributed by atoms with Gasteiger partial charge in [-0.05, 0) is 38.5 Å².